The molecule has 0 radical (unpaired) electrons. The van der Waals surface area contributed by atoms with Gasteiger partial charge < -0.3 is 15.4 Å². The van der Waals surface area contributed by atoms with E-state index in [9.17, 15) is 19.5 Å². The largest absolute Gasteiger partial charge is 0.480 e. The van der Waals surface area contributed by atoms with Crippen molar-refractivity contribution in [3.63, 3.8) is 0 Å². The summed E-state index contributed by atoms with van der Waals surface area (Å²) in [7, 11) is 0. The van der Waals surface area contributed by atoms with Crippen molar-refractivity contribution in [2.24, 2.45) is 5.41 Å². The van der Waals surface area contributed by atoms with Gasteiger partial charge in [-0.05, 0) is 37.3 Å². The summed E-state index contributed by atoms with van der Waals surface area (Å²) in [6.07, 6.45) is 3.92. The first-order valence-corrected chi connectivity index (χ1v) is 9.09. The van der Waals surface area contributed by atoms with Crippen LogP contribution in [-0.2, 0) is 16.0 Å². The molecule has 1 unspecified atom stereocenters. The quantitative estimate of drug-likeness (QED) is 0.669. The second kappa shape index (κ2) is 8.77. The van der Waals surface area contributed by atoms with Gasteiger partial charge in [-0.25, -0.2) is 9.78 Å². The molecule has 1 atom stereocenters. The summed E-state index contributed by atoms with van der Waals surface area (Å²) in [6.45, 7) is 7.66. The molecular weight excluding hydrogens is 360 g/mol. The van der Waals surface area contributed by atoms with Gasteiger partial charge in [0.15, 0.2) is 0 Å². The molecular formula is C20H26N4O4. The van der Waals surface area contributed by atoms with E-state index in [-0.39, 0.29) is 17.4 Å². The number of carbonyl (C=O) groups excluding carboxylic acids is 1. The number of pyridine rings is 1. The van der Waals surface area contributed by atoms with E-state index in [1.807, 2.05) is 20.8 Å². The predicted molar refractivity (Wildman–Crippen MR) is 105 cm³/mol. The average Bonchev–Trinajstić information content (AvgIpc) is 2.61. The highest BCUT2D eigenvalue weighted by Crippen LogP contribution is 2.21. The fraction of sp³-hybridized carbons (Fsp3) is 0.450. The summed E-state index contributed by atoms with van der Waals surface area (Å²) in [5, 5.41) is 11.9. The SMILES string of the molecule is Cc1nc(-c2cccnc2)[nH]c(=O)c1CC(=O)NC(CCC(C)(C)C)C(=O)O. The minimum absolute atomic E-state index is 0.0434. The van der Waals surface area contributed by atoms with E-state index in [2.05, 4.69) is 20.3 Å². The van der Waals surface area contributed by atoms with Crippen LogP contribution in [0.4, 0.5) is 0 Å². The van der Waals surface area contributed by atoms with Crippen LogP contribution >= 0.6 is 0 Å². The van der Waals surface area contributed by atoms with Crippen molar-refractivity contribution in [1.82, 2.24) is 20.3 Å². The number of amides is 1. The van der Waals surface area contributed by atoms with Gasteiger partial charge in [0.25, 0.3) is 5.56 Å². The van der Waals surface area contributed by atoms with Gasteiger partial charge in [0.2, 0.25) is 5.91 Å². The number of hydrogen-bond acceptors (Lipinski definition) is 5. The maximum Gasteiger partial charge on any atom is 0.326 e. The van der Waals surface area contributed by atoms with Crippen molar-refractivity contribution >= 4 is 11.9 Å². The average molecular weight is 386 g/mol. The maximum atomic E-state index is 12.4. The smallest absolute Gasteiger partial charge is 0.326 e. The zero-order valence-electron chi connectivity index (χ0n) is 16.6. The molecule has 0 fully saturated rings. The van der Waals surface area contributed by atoms with Gasteiger partial charge in [0, 0.05) is 29.2 Å². The fourth-order valence-corrected chi connectivity index (χ4v) is 2.70. The summed E-state index contributed by atoms with van der Waals surface area (Å²) in [5.41, 5.74) is 0.817. The molecule has 2 heterocycles. The van der Waals surface area contributed by atoms with Crippen molar-refractivity contribution in [2.45, 2.75) is 53.0 Å². The molecule has 0 aliphatic carbocycles. The van der Waals surface area contributed by atoms with Gasteiger partial charge in [-0.2, -0.15) is 0 Å². The number of carbonyl (C=O) groups is 2. The van der Waals surface area contributed by atoms with Crippen LogP contribution in [0.25, 0.3) is 11.4 Å². The molecule has 0 aliphatic rings. The highest BCUT2D eigenvalue weighted by Gasteiger charge is 2.23. The molecule has 1 amide bonds. The first kappa shape index (κ1) is 21.3. The Morgan fingerprint density at radius 3 is 2.57 bits per heavy atom. The standard InChI is InChI=1S/C20H26N4O4/c1-12-14(18(26)24-17(22-12)13-6-5-9-21-11-13)10-16(25)23-15(19(27)28)7-8-20(2,3)4/h5-6,9,11,15H,7-8,10H2,1-4H3,(H,23,25)(H,27,28)(H,22,24,26). The van der Waals surface area contributed by atoms with Crippen molar-refractivity contribution in [2.75, 3.05) is 0 Å². The Balaban J connectivity index is 2.13. The molecule has 8 nitrogen and oxygen atoms in total. The van der Waals surface area contributed by atoms with E-state index >= 15 is 0 Å². The van der Waals surface area contributed by atoms with Crippen LogP contribution in [0.5, 0.6) is 0 Å². The molecule has 150 valence electrons. The number of rotatable bonds is 7. The molecule has 28 heavy (non-hydrogen) atoms. The van der Waals surface area contributed by atoms with Gasteiger partial charge >= 0.3 is 5.97 Å². The first-order valence-electron chi connectivity index (χ1n) is 9.09. The van der Waals surface area contributed by atoms with Gasteiger partial charge in [-0.15, -0.1) is 0 Å². The Bertz CT molecular complexity index is 901. The van der Waals surface area contributed by atoms with E-state index in [1.165, 1.54) is 0 Å². The monoisotopic (exact) mass is 386 g/mol. The lowest BCUT2D eigenvalue weighted by atomic mass is 9.88. The summed E-state index contributed by atoms with van der Waals surface area (Å²) >= 11 is 0. The summed E-state index contributed by atoms with van der Waals surface area (Å²) in [4.78, 5) is 47.2. The Morgan fingerprint density at radius 1 is 1.32 bits per heavy atom. The number of hydrogen-bond donors (Lipinski definition) is 3. The molecule has 0 saturated heterocycles. The normalized spacial score (nSPS) is 12.4. The van der Waals surface area contributed by atoms with E-state index in [0.717, 1.165) is 0 Å². The van der Waals surface area contributed by atoms with Gasteiger partial charge in [0.05, 0.1) is 6.42 Å². The van der Waals surface area contributed by atoms with Crippen LogP contribution in [-0.4, -0.2) is 38.0 Å². The minimum atomic E-state index is -1.09. The molecule has 2 aromatic rings. The summed E-state index contributed by atoms with van der Waals surface area (Å²) < 4.78 is 0. The summed E-state index contributed by atoms with van der Waals surface area (Å²) in [5.74, 6) is -1.24. The van der Waals surface area contributed by atoms with E-state index in [1.54, 1.807) is 31.5 Å². The summed E-state index contributed by atoms with van der Waals surface area (Å²) in [6, 6.07) is 2.51. The highest BCUT2D eigenvalue weighted by atomic mass is 16.4. The number of aromatic amines is 1. The van der Waals surface area contributed by atoms with Crippen LogP contribution in [0, 0.1) is 12.3 Å². The van der Waals surface area contributed by atoms with Crippen molar-refractivity contribution in [3.8, 4) is 11.4 Å². The van der Waals surface area contributed by atoms with Crippen molar-refractivity contribution in [1.29, 1.82) is 0 Å². The second-order valence-corrected chi connectivity index (χ2v) is 7.95. The van der Waals surface area contributed by atoms with Crippen LogP contribution < -0.4 is 10.9 Å². The number of H-pyrrole nitrogens is 1. The van der Waals surface area contributed by atoms with E-state index in [4.69, 9.17) is 0 Å². The Labute approximate surface area is 163 Å². The number of aromatic nitrogens is 3. The zero-order valence-corrected chi connectivity index (χ0v) is 16.6. The first-order chi connectivity index (χ1) is 13.1. The molecule has 0 aliphatic heterocycles. The number of nitrogens with zero attached hydrogens (tertiary/aromatic N) is 2. The highest BCUT2D eigenvalue weighted by molar-refractivity contribution is 5.84. The predicted octanol–water partition coefficient (Wildman–Crippen LogP) is 2.08. The van der Waals surface area contributed by atoms with Crippen molar-refractivity contribution < 1.29 is 14.7 Å². The van der Waals surface area contributed by atoms with Crippen LogP contribution in [0.3, 0.4) is 0 Å². The van der Waals surface area contributed by atoms with Crippen LogP contribution in [0.1, 0.15) is 44.9 Å². The third-order valence-corrected chi connectivity index (χ3v) is 4.31. The lowest BCUT2D eigenvalue weighted by Gasteiger charge is -2.21. The Hall–Kier alpha value is -3.03. The maximum absolute atomic E-state index is 12.4. The van der Waals surface area contributed by atoms with E-state index < -0.39 is 23.5 Å². The number of carboxylic acids is 1. The number of nitrogens with one attached hydrogen (secondary N) is 2. The Morgan fingerprint density at radius 2 is 2.04 bits per heavy atom. The molecule has 2 rings (SSSR count). The lowest BCUT2D eigenvalue weighted by Crippen LogP contribution is -2.42. The van der Waals surface area contributed by atoms with E-state index in [0.29, 0.717) is 29.9 Å². The second-order valence-electron chi connectivity index (χ2n) is 7.95. The van der Waals surface area contributed by atoms with Crippen molar-refractivity contribution in [3.05, 3.63) is 46.1 Å². The number of carboxylic acid groups (broad SMARTS) is 1. The Kier molecular flexibility index (Phi) is 6.66. The fourth-order valence-electron chi connectivity index (χ4n) is 2.70. The molecule has 3 N–H and O–H groups in total. The molecule has 0 aromatic carbocycles. The van der Waals surface area contributed by atoms with Gasteiger partial charge in [0.1, 0.15) is 11.9 Å². The van der Waals surface area contributed by atoms with Crippen LogP contribution in [0.2, 0.25) is 0 Å². The lowest BCUT2D eigenvalue weighted by molar-refractivity contribution is -0.142. The third-order valence-electron chi connectivity index (χ3n) is 4.31. The number of aryl methyl sites for hydroxylation is 1. The zero-order chi connectivity index (χ0) is 20.9. The molecule has 0 bridgehead atoms. The molecule has 2 aromatic heterocycles. The number of aliphatic carboxylic acids is 1. The van der Waals surface area contributed by atoms with Gasteiger partial charge in [-0.1, -0.05) is 20.8 Å². The van der Waals surface area contributed by atoms with Crippen LogP contribution in [0.15, 0.2) is 29.3 Å². The molecule has 0 spiro atoms. The minimum Gasteiger partial charge on any atom is -0.480 e. The third kappa shape index (κ3) is 6.00. The molecule has 8 heteroatoms. The topological polar surface area (TPSA) is 125 Å². The van der Waals surface area contributed by atoms with Gasteiger partial charge in [-0.3, -0.25) is 14.6 Å². The molecule has 0 saturated carbocycles.